The zero-order valence-corrected chi connectivity index (χ0v) is 15.2. The fraction of sp³-hybridized carbons (Fsp3) is 0.562. The van der Waals surface area contributed by atoms with Crippen LogP contribution >= 0.6 is 15.9 Å². The highest BCUT2D eigenvalue weighted by Crippen LogP contribution is 2.35. The molecule has 0 unspecified atom stereocenters. The number of hydrogen-bond donors (Lipinski definition) is 1. The molecule has 0 radical (unpaired) electrons. The Morgan fingerprint density at radius 3 is 2.78 bits per heavy atom. The van der Waals surface area contributed by atoms with E-state index in [0.717, 1.165) is 28.0 Å². The van der Waals surface area contributed by atoms with Crippen LogP contribution in [0.3, 0.4) is 0 Å². The molecule has 2 aromatic rings. The van der Waals surface area contributed by atoms with Gasteiger partial charge in [-0.15, -0.1) is 5.10 Å². The molecule has 3 rings (SSSR count). The number of oxime groups is 1. The van der Waals surface area contributed by atoms with Crippen molar-refractivity contribution < 1.29 is 9.94 Å². The lowest BCUT2D eigenvalue weighted by molar-refractivity contribution is 0.293. The molecule has 0 saturated heterocycles. The zero-order chi connectivity index (χ0) is 16.6. The minimum absolute atomic E-state index is 0.223. The smallest absolute Gasteiger partial charge is 0.136 e. The van der Waals surface area contributed by atoms with Crippen LogP contribution in [0.1, 0.15) is 33.6 Å². The molecular formula is C16H21BrN4O2. The van der Waals surface area contributed by atoms with Crippen molar-refractivity contribution in [1.82, 2.24) is 15.0 Å². The van der Waals surface area contributed by atoms with Crippen LogP contribution in [0.25, 0.3) is 11.0 Å². The Labute approximate surface area is 143 Å². The minimum Gasteiger partial charge on any atom is -0.486 e. The maximum absolute atomic E-state index is 9.14. The molecule has 1 aliphatic rings. The van der Waals surface area contributed by atoms with Gasteiger partial charge >= 0.3 is 0 Å². The second kappa shape index (κ2) is 6.11. The molecule has 6 nitrogen and oxygen atoms in total. The highest BCUT2D eigenvalue weighted by molar-refractivity contribution is 9.10. The van der Waals surface area contributed by atoms with Gasteiger partial charge in [0.05, 0.1) is 15.7 Å². The normalized spacial score (nSPS) is 16.1. The summed E-state index contributed by atoms with van der Waals surface area (Å²) >= 11 is 3.56. The predicted molar refractivity (Wildman–Crippen MR) is 92.1 cm³/mol. The lowest BCUT2D eigenvalue weighted by Gasteiger charge is -2.20. The Balaban J connectivity index is 1.80. The second-order valence-electron chi connectivity index (χ2n) is 7.05. The van der Waals surface area contributed by atoms with Crippen LogP contribution in [0.2, 0.25) is 0 Å². The molecule has 0 bridgehead atoms. The Kier molecular flexibility index (Phi) is 4.31. The third kappa shape index (κ3) is 3.49. The van der Waals surface area contributed by atoms with Gasteiger partial charge in [-0.2, -0.15) is 0 Å². The van der Waals surface area contributed by atoms with E-state index in [2.05, 4.69) is 31.4 Å². The first-order valence-electron chi connectivity index (χ1n) is 7.76. The van der Waals surface area contributed by atoms with Gasteiger partial charge < -0.3 is 9.94 Å². The molecule has 1 aromatic carbocycles. The molecular weight excluding hydrogens is 360 g/mol. The number of aromatic nitrogens is 3. The van der Waals surface area contributed by atoms with Gasteiger partial charge in [-0.1, -0.05) is 31.1 Å². The number of fused-ring (bicyclic) bond motifs is 1. The van der Waals surface area contributed by atoms with Crippen LogP contribution < -0.4 is 4.74 Å². The summed E-state index contributed by atoms with van der Waals surface area (Å²) in [7, 11) is 0. The number of rotatable bonds is 5. The van der Waals surface area contributed by atoms with Crippen molar-refractivity contribution in [2.45, 2.75) is 40.2 Å². The van der Waals surface area contributed by atoms with Crippen molar-refractivity contribution in [3.8, 4) is 5.75 Å². The summed E-state index contributed by atoms with van der Waals surface area (Å²) < 4.78 is 8.55. The number of ether oxygens (including phenoxy) is 1. The standard InChI is InChI=1S/C16H21BrN4O2/c1-16(2,3)13(19-22)9-23-12-7-6-11-15(14(12)17)18-20-21(11)8-10-4-5-10/h6-7,10,22H,4-5,8-9H2,1-3H3. The van der Waals surface area contributed by atoms with E-state index in [1.54, 1.807) is 0 Å². The van der Waals surface area contributed by atoms with E-state index in [0.29, 0.717) is 11.5 Å². The van der Waals surface area contributed by atoms with Crippen molar-refractivity contribution in [3.63, 3.8) is 0 Å². The molecule has 23 heavy (non-hydrogen) atoms. The summed E-state index contributed by atoms with van der Waals surface area (Å²) in [6.45, 7) is 7.09. The van der Waals surface area contributed by atoms with E-state index < -0.39 is 0 Å². The molecule has 124 valence electrons. The van der Waals surface area contributed by atoms with Gasteiger partial charge in [0.25, 0.3) is 0 Å². The summed E-state index contributed by atoms with van der Waals surface area (Å²) in [5.41, 5.74) is 2.13. The van der Waals surface area contributed by atoms with Gasteiger partial charge in [-0.05, 0) is 46.8 Å². The Bertz CT molecular complexity index is 744. The van der Waals surface area contributed by atoms with E-state index in [1.165, 1.54) is 12.8 Å². The second-order valence-corrected chi connectivity index (χ2v) is 7.84. The molecule has 1 aromatic heterocycles. The Morgan fingerprint density at radius 1 is 1.43 bits per heavy atom. The van der Waals surface area contributed by atoms with E-state index >= 15 is 0 Å². The third-order valence-electron chi connectivity index (χ3n) is 4.07. The van der Waals surface area contributed by atoms with Crippen molar-refractivity contribution in [2.75, 3.05) is 6.61 Å². The maximum Gasteiger partial charge on any atom is 0.136 e. The first-order valence-corrected chi connectivity index (χ1v) is 8.55. The summed E-state index contributed by atoms with van der Waals surface area (Å²) in [5.74, 6) is 1.41. The molecule has 0 amide bonds. The van der Waals surface area contributed by atoms with Gasteiger partial charge in [0.1, 0.15) is 17.9 Å². The van der Waals surface area contributed by atoms with Crippen LogP contribution in [0.15, 0.2) is 21.8 Å². The molecule has 0 spiro atoms. The molecule has 1 N–H and O–H groups in total. The zero-order valence-electron chi connectivity index (χ0n) is 13.6. The molecule has 1 saturated carbocycles. The van der Waals surface area contributed by atoms with Crippen molar-refractivity contribution in [2.24, 2.45) is 16.5 Å². The van der Waals surface area contributed by atoms with Crippen LogP contribution in [0.4, 0.5) is 0 Å². The highest BCUT2D eigenvalue weighted by atomic mass is 79.9. The summed E-state index contributed by atoms with van der Waals surface area (Å²) in [5, 5.41) is 21.0. The SMILES string of the molecule is CC(C)(C)C(COc1ccc2c(nnn2CC2CC2)c1Br)=NO. The minimum atomic E-state index is -0.251. The average molecular weight is 381 g/mol. The molecule has 7 heteroatoms. The maximum atomic E-state index is 9.14. The molecule has 0 atom stereocenters. The van der Waals surface area contributed by atoms with E-state index in [9.17, 15) is 0 Å². The fourth-order valence-corrected chi connectivity index (χ4v) is 2.85. The Morgan fingerprint density at radius 2 is 2.17 bits per heavy atom. The summed E-state index contributed by atoms with van der Waals surface area (Å²) in [4.78, 5) is 0. The monoisotopic (exact) mass is 380 g/mol. The first kappa shape index (κ1) is 16.2. The van der Waals surface area contributed by atoms with Crippen molar-refractivity contribution in [1.29, 1.82) is 0 Å². The number of halogens is 1. The van der Waals surface area contributed by atoms with Gasteiger partial charge in [0.2, 0.25) is 0 Å². The van der Waals surface area contributed by atoms with Crippen LogP contribution in [0, 0.1) is 11.3 Å². The molecule has 1 heterocycles. The topological polar surface area (TPSA) is 72.5 Å². The number of hydrogen-bond acceptors (Lipinski definition) is 5. The van der Waals surface area contributed by atoms with Gasteiger partial charge in [-0.3, -0.25) is 0 Å². The lowest BCUT2D eigenvalue weighted by atomic mass is 9.90. The highest BCUT2D eigenvalue weighted by Gasteiger charge is 2.24. The van der Waals surface area contributed by atoms with Gasteiger partial charge in [0, 0.05) is 12.0 Å². The molecule has 0 aliphatic heterocycles. The average Bonchev–Trinajstić information content (AvgIpc) is 3.20. The van der Waals surface area contributed by atoms with E-state index in [1.807, 2.05) is 37.6 Å². The number of benzene rings is 1. The summed E-state index contributed by atoms with van der Waals surface area (Å²) in [6.07, 6.45) is 2.56. The largest absolute Gasteiger partial charge is 0.486 e. The predicted octanol–water partition coefficient (Wildman–Crippen LogP) is 3.86. The molecule has 1 fully saturated rings. The third-order valence-corrected chi connectivity index (χ3v) is 4.84. The van der Waals surface area contributed by atoms with Crippen LogP contribution in [-0.2, 0) is 6.54 Å². The number of nitrogens with zero attached hydrogens (tertiary/aromatic N) is 4. The van der Waals surface area contributed by atoms with E-state index in [4.69, 9.17) is 9.94 Å². The first-order chi connectivity index (χ1) is 10.9. The quantitative estimate of drug-likeness (QED) is 0.485. The van der Waals surface area contributed by atoms with Gasteiger partial charge in [-0.25, -0.2) is 4.68 Å². The summed E-state index contributed by atoms with van der Waals surface area (Å²) in [6, 6.07) is 3.88. The Hall–Kier alpha value is -1.63. The van der Waals surface area contributed by atoms with E-state index in [-0.39, 0.29) is 12.0 Å². The lowest BCUT2D eigenvalue weighted by Crippen LogP contribution is -2.26. The van der Waals surface area contributed by atoms with Crippen molar-refractivity contribution >= 4 is 32.7 Å². The van der Waals surface area contributed by atoms with Crippen LogP contribution in [-0.4, -0.2) is 32.5 Å². The molecule has 1 aliphatic carbocycles. The van der Waals surface area contributed by atoms with Crippen molar-refractivity contribution in [3.05, 3.63) is 16.6 Å². The fourth-order valence-electron chi connectivity index (χ4n) is 2.32. The van der Waals surface area contributed by atoms with Crippen LogP contribution in [0.5, 0.6) is 5.75 Å². The van der Waals surface area contributed by atoms with Gasteiger partial charge in [0.15, 0.2) is 0 Å².